The number of esters is 1. The van der Waals surface area contributed by atoms with Gasteiger partial charge < -0.3 is 14.8 Å². The lowest BCUT2D eigenvalue weighted by Crippen LogP contribution is -2.49. The van der Waals surface area contributed by atoms with Crippen LogP contribution in [0.1, 0.15) is 63.4 Å². The van der Waals surface area contributed by atoms with E-state index in [0.717, 1.165) is 5.56 Å². The van der Waals surface area contributed by atoms with Crippen LogP contribution in [0.15, 0.2) is 30.1 Å². The summed E-state index contributed by atoms with van der Waals surface area (Å²) in [6.07, 6.45) is 1.48. The lowest BCUT2D eigenvalue weighted by Gasteiger charge is -2.32. The van der Waals surface area contributed by atoms with Gasteiger partial charge in [0, 0.05) is 17.5 Å². The molecule has 0 saturated carbocycles. The number of rotatable bonds is 6. The largest absolute Gasteiger partial charge is 0.489 e. The van der Waals surface area contributed by atoms with Crippen molar-refractivity contribution in [2.24, 2.45) is 0 Å². The first-order chi connectivity index (χ1) is 12.5. The van der Waals surface area contributed by atoms with Crippen LogP contribution < -0.4 is 10.1 Å². The number of hydrogen-bond acceptors (Lipinski definition) is 4. The van der Waals surface area contributed by atoms with Crippen molar-refractivity contribution in [3.05, 3.63) is 41.2 Å². The lowest BCUT2D eigenvalue weighted by atomic mass is 9.87. The summed E-state index contributed by atoms with van der Waals surface area (Å²) in [7, 11) is 0. The molecule has 0 aromatic heterocycles. The summed E-state index contributed by atoms with van der Waals surface area (Å²) in [6, 6.07) is 5.23. The third-order valence-corrected chi connectivity index (χ3v) is 4.05. The van der Waals surface area contributed by atoms with Crippen molar-refractivity contribution in [3.63, 3.8) is 0 Å². The third kappa shape index (κ3) is 6.38. The van der Waals surface area contributed by atoms with Crippen LogP contribution in [0.25, 0.3) is 0 Å². The van der Waals surface area contributed by atoms with Gasteiger partial charge in [0.1, 0.15) is 18.0 Å². The highest BCUT2D eigenvalue weighted by molar-refractivity contribution is 5.97. The Hall–Kier alpha value is -2.37. The topological polar surface area (TPSA) is 64.6 Å². The molecule has 0 spiro atoms. The minimum Gasteiger partial charge on any atom is -0.489 e. The van der Waals surface area contributed by atoms with Gasteiger partial charge >= 0.3 is 5.97 Å². The molecule has 1 N–H and O–H groups in total. The highest BCUT2D eigenvalue weighted by Gasteiger charge is 2.30. The number of benzene rings is 1. The second-order valence-electron chi connectivity index (χ2n) is 8.48. The Morgan fingerprint density at radius 3 is 2.63 bits per heavy atom. The lowest BCUT2D eigenvalue weighted by molar-refractivity contribution is -0.154. The molecule has 0 fully saturated rings. The van der Waals surface area contributed by atoms with E-state index in [4.69, 9.17) is 9.47 Å². The number of nitrogens with one attached hydrogen (secondary N) is 1. The molecule has 6 heteroatoms. The van der Waals surface area contributed by atoms with E-state index in [-0.39, 0.29) is 36.9 Å². The maximum atomic E-state index is 13.1. The maximum Gasteiger partial charge on any atom is 0.306 e. The summed E-state index contributed by atoms with van der Waals surface area (Å²) in [6.45, 7) is 9.32. The van der Waals surface area contributed by atoms with Gasteiger partial charge in [0.2, 0.25) is 0 Å². The number of fused-ring (bicyclic) bond motifs is 1. The molecule has 5 nitrogen and oxygen atoms in total. The number of ether oxygens (including phenoxy) is 2. The first-order valence-corrected chi connectivity index (χ1v) is 9.07. The van der Waals surface area contributed by atoms with E-state index in [2.05, 4.69) is 5.32 Å². The number of carbonyl (C=O) groups excluding carboxylic acids is 2. The number of carbonyl (C=O) groups is 2. The van der Waals surface area contributed by atoms with Crippen molar-refractivity contribution in [3.8, 4) is 5.75 Å². The molecular weight excluding hydrogens is 349 g/mol. The summed E-state index contributed by atoms with van der Waals surface area (Å²) in [5.41, 5.74) is 1.03. The molecule has 1 aliphatic heterocycles. The minimum atomic E-state index is -0.559. The summed E-state index contributed by atoms with van der Waals surface area (Å²) >= 11 is 0. The van der Waals surface area contributed by atoms with E-state index in [9.17, 15) is 14.0 Å². The highest BCUT2D eigenvalue weighted by atomic mass is 19.1. The zero-order valence-corrected chi connectivity index (χ0v) is 16.6. The second-order valence-corrected chi connectivity index (χ2v) is 8.48. The molecule has 2 rings (SSSR count). The van der Waals surface area contributed by atoms with E-state index >= 15 is 0 Å². The van der Waals surface area contributed by atoms with Gasteiger partial charge in [-0.15, -0.1) is 0 Å². The van der Waals surface area contributed by atoms with Crippen LogP contribution in [-0.4, -0.2) is 29.6 Å². The molecule has 0 aliphatic carbocycles. The fraction of sp³-hybridized carbons (Fsp3) is 0.524. The highest BCUT2D eigenvalue weighted by Crippen LogP contribution is 2.27. The molecule has 1 aromatic carbocycles. The Balaban J connectivity index is 1.94. The Morgan fingerprint density at radius 1 is 1.30 bits per heavy atom. The average Bonchev–Trinajstić information content (AvgIpc) is 2.51. The van der Waals surface area contributed by atoms with Crippen LogP contribution in [0.4, 0.5) is 4.39 Å². The number of hydrogen-bond donors (Lipinski definition) is 1. The van der Waals surface area contributed by atoms with Crippen molar-refractivity contribution in [2.75, 3.05) is 6.61 Å². The fourth-order valence-electron chi connectivity index (χ4n) is 2.91. The van der Waals surface area contributed by atoms with E-state index in [1.54, 1.807) is 32.9 Å². The second kappa shape index (κ2) is 8.11. The molecule has 1 aromatic rings. The Labute approximate surface area is 159 Å². The predicted molar refractivity (Wildman–Crippen MR) is 101 cm³/mol. The van der Waals surface area contributed by atoms with Crippen molar-refractivity contribution in [1.82, 2.24) is 5.32 Å². The Bertz CT molecular complexity index is 747. The summed E-state index contributed by atoms with van der Waals surface area (Å²) in [5, 5.41) is 2.95. The summed E-state index contributed by atoms with van der Waals surface area (Å²) in [5.74, 6) is 0.0919. The van der Waals surface area contributed by atoms with Crippen LogP contribution in [0.5, 0.6) is 5.75 Å². The van der Waals surface area contributed by atoms with Gasteiger partial charge in [-0.25, -0.2) is 4.39 Å². The van der Waals surface area contributed by atoms with Gasteiger partial charge in [-0.2, -0.15) is 0 Å². The van der Waals surface area contributed by atoms with Crippen LogP contribution in [0, 0.1) is 0 Å². The number of amides is 1. The summed E-state index contributed by atoms with van der Waals surface area (Å²) in [4.78, 5) is 23.9. The Morgan fingerprint density at radius 2 is 2.00 bits per heavy atom. The van der Waals surface area contributed by atoms with Crippen molar-refractivity contribution >= 4 is 11.9 Å². The normalized spacial score (nSPS) is 16.4. The van der Waals surface area contributed by atoms with Crippen LogP contribution in [0.3, 0.4) is 0 Å². The van der Waals surface area contributed by atoms with Crippen LogP contribution >= 0.6 is 0 Å². The predicted octanol–water partition coefficient (Wildman–Crippen LogP) is 4.11. The van der Waals surface area contributed by atoms with E-state index < -0.39 is 5.60 Å². The maximum absolute atomic E-state index is 13.1. The SMILES string of the molecule is CC1(C)Cc2cc(OCC(=CF)CCC(=O)OC(C)(C)C)ccc2C(=O)N1. The first kappa shape index (κ1) is 20.9. The van der Waals surface area contributed by atoms with Gasteiger partial charge in [-0.1, -0.05) is 0 Å². The third-order valence-electron chi connectivity index (χ3n) is 4.05. The molecule has 1 aliphatic rings. The molecule has 0 bridgehead atoms. The van der Waals surface area contributed by atoms with Crippen LogP contribution in [0.2, 0.25) is 0 Å². The van der Waals surface area contributed by atoms with Gasteiger partial charge in [0.15, 0.2) is 0 Å². The monoisotopic (exact) mass is 377 g/mol. The molecule has 0 atom stereocenters. The zero-order chi connectivity index (χ0) is 20.2. The van der Waals surface area contributed by atoms with Crippen molar-refractivity contribution in [2.45, 2.75) is 65.0 Å². The van der Waals surface area contributed by atoms with Crippen LogP contribution in [-0.2, 0) is 16.0 Å². The average molecular weight is 377 g/mol. The Kier molecular flexibility index (Phi) is 6.29. The van der Waals surface area contributed by atoms with Gasteiger partial charge in [0.05, 0.1) is 6.33 Å². The van der Waals surface area contributed by atoms with Crippen molar-refractivity contribution < 1.29 is 23.5 Å². The molecular formula is C21H28FNO4. The molecule has 27 heavy (non-hydrogen) atoms. The summed E-state index contributed by atoms with van der Waals surface area (Å²) < 4.78 is 24.0. The van der Waals surface area contributed by atoms with E-state index in [0.29, 0.717) is 29.6 Å². The van der Waals surface area contributed by atoms with Gasteiger partial charge in [-0.05, 0) is 76.8 Å². The molecule has 0 radical (unpaired) electrons. The van der Waals surface area contributed by atoms with E-state index in [1.807, 2.05) is 19.9 Å². The van der Waals surface area contributed by atoms with Gasteiger partial charge in [-0.3, -0.25) is 9.59 Å². The van der Waals surface area contributed by atoms with E-state index in [1.165, 1.54) is 0 Å². The van der Waals surface area contributed by atoms with Gasteiger partial charge in [0.25, 0.3) is 5.91 Å². The molecule has 1 heterocycles. The minimum absolute atomic E-state index is 0.0354. The standard InChI is InChI=1S/C21H28FNO4/c1-20(2,3)27-18(24)9-6-14(12-22)13-26-16-7-8-17-15(10-16)11-21(4,5)23-19(17)25/h7-8,10,12H,6,9,11,13H2,1-5H3,(H,23,25). The van der Waals surface area contributed by atoms with Crippen molar-refractivity contribution in [1.29, 1.82) is 0 Å². The molecule has 1 amide bonds. The number of halogens is 1. The first-order valence-electron chi connectivity index (χ1n) is 9.07. The molecule has 148 valence electrons. The molecule has 0 saturated heterocycles. The zero-order valence-electron chi connectivity index (χ0n) is 16.6. The smallest absolute Gasteiger partial charge is 0.306 e. The molecule has 0 unspecified atom stereocenters. The quantitative estimate of drug-likeness (QED) is 0.758. The fourth-order valence-corrected chi connectivity index (χ4v) is 2.91.